The molecule has 1 unspecified atom stereocenters. The molecule has 0 heterocycles. The Balaban J connectivity index is 2.46. The lowest BCUT2D eigenvalue weighted by Crippen LogP contribution is -2.38. The predicted octanol–water partition coefficient (Wildman–Crippen LogP) is 1.53. The van der Waals surface area contributed by atoms with Crippen molar-refractivity contribution in [1.29, 1.82) is 0 Å². The van der Waals surface area contributed by atoms with Crippen LogP contribution in [-0.2, 0) is 14.2 Å². The van der Waals surface area contributed by atoms with Crippen molar-refractivity contribution in [2.24, 2.45) is 0 Å². The summed E-state index contributed by atoms with van der Waals surface area (Å²) in [6.45, 7) is 1.30. The third-order valence-electron chi connectivity index (χ3n) is 2.89. The molecule has 132 valence electrons. The Labute approximate surface area is 137 Å². The minimum atomic E-state index is -4.03. The summed E-state index contributed by atoms with van der Waals surface area (Å²) in [6.07, 6.45) is -0.441. The highest BCUT2D eigenvalue weighted by atomic mass is 31.2. The van der Waals surface area contributed by atoms with E-state index in [-0.39, 0.29) is 30.4 Å². The average Bonchev–Trinajstić information content (AvgIpc) is 2.46. The standard InChI is InChI=1S/C13H17N2O8P/c1-9(13(17)18)14-12(16)3-2-8-24(21,22)23-11-6-4-10(5-7-11)15(19)20/h4-7,9H,2-3,8H2,1H3,(H,14,16)(H,17,18)(H,21,22)/t9-/m1/s1. The third kappa shape index (κ3) is 6.76. The van der Waals surface area contributed by atoms with Gasteiger partial charge in [0, 0.05) is 18.6 Å². The number of non-ortho nitro benzene ring substituents is 1. The molecule has 2 atom stereocenters. The molecule has 1 aromatic carbocycles. The van der Waals surface area contributed by atoms with Gasteiger partial charge in [-0.1, -0.05) is 0 Å². The van der Waals surface area contributed by atoms with Gasteiger partial charge in [-0.3, -0.25) is 19.7 Å². The molecule has 0 fully saturated rings. The summed E-state index contributed by atoms with van der Waals surface area (Å²) in [6, 6.07) is 3.62. The highest BCUT2D eigenvalue weighted by Crippen LogP contribution is 2.43. The van der Waals surface area contributed by atoms with E-state index in [1.807, 2.05) is 0 Å². The molecule has 0 aliphatic heterocycles. The number of nitrogens with one attached hydrogen (secondary N) is 1. The molecule has 0 saturated carbocycles. The lowest BCUT2D eigenvalue weighted by Gasteiger charge is -2.13. The number of carboxylic acids is 1. The molecule has 0 bridgehead atoms. The van der Waals surface area contributed by atoms with Crippen molar-refractivity contribution in [2.45, 2.75) is 25.8 Å². The van der Waals surface area contributed by atoms with Crippen LogP contribution in [0, 0.1) is 10.1 Å². The van der Waals surface area contributed by atoms with Gasteiger partial charge in [0.05, 0.1) is 11.1 Å². The van der Waals surface area contributed by atoms with Crippen LogP contribution >= 0.6 is 7.60 Å². The molecule has 0 aliphatic carbocycles. The number of hydrogen-bond donors (Lipinski definition) is 3. The van der Waals surface area contributed by atoms with Crippen LogP contribution in [0.5, 0.6) is 5.75 Å². The first-order valence-corrected chi connectivity index (χ1v) is 8.65. The van der Waals surface area contributed by atoms with Crippen molar-refractivity contribution in [3.05, 3.63) is 34.4 Å². The van der Waals surface area contributed by atoms with Crippen LogP contribution in [0.1, 0.15) is 19.8 Å². The number of carbonyl (C=O) groups is 2. The van der Waals surface area contributed by atoms with E-state index < -0.39 is 30.4 Å². The van der Waals surface area contributed by atoms with E-state index in [0.29, 0.717) is 0 Å². The summed E-state index contributed by atoms with van der Waals surface area (Å²) in [5.74, 6) is -1.74. The zero-order valence-corrected chi connectivity index (χ0v) is 13.6. The number of hydrogen-bond acceptors (Lipinski definition) is 6. The van der Waals surface area contributed by atoms with Crippen LogP contribution in [0.3, 0.4) is 0 Å². The normalized spacial score (nSPS) is 14.2. The number of nitrogens with zero attached hydrogens (tertiary/aromatic N) is 1. The Morgan fingerprint density at radius 2 is 1.96 bits per heavy atom. The van der Waals surface area contributed by atoms with E-state index in [1.54, 1.807) is 0 Å². The molecule has 0 aliphatic rings. The van der Waals surface area contributed by atoms with Gasteiger partial charge in [-0.25, -0.2) is 4.57 Å². The van der Waals surface area contributed by atoms with Crippen molar-refractivity contribution in [3.63, 3.8) is 0 Å². The fourth-order valence-electron chi connectivity index (χ4n) is 1.65. The van der Waals surface area contributed by atoms with Crippen molar-refractivity contribution >= 4 is 25.2 Å². The molecule has 11 heteroatoms. The van der Waals surface area contributed by atoms with Gasteiger partial charge in [0.1, 0.15) is 11.8 Å². The van der Waals surface area contributed by atoms with Crippen LogP contribution in [0.2, 0.25) is 0 Å². The second-order valence-corrected chi connectivity index (χ2v) is 6.84. The largest absolute Gasteiger partial charge is 0.480 e. The molecule has 3 N–H and O–H groups in total. The molecule has 0 radical (unpaired) electrons. The summed E-state index contributed by atoms with van der Waals surface area (Å²) in [4.78, 5) is 41.6. The maximum atomic E-state index is 11.9. The summed E-state index contributed by atoms with van der Waals surface area (Å²) < 4.78 is 16.8. The molecular formula is C13H17N2O8P. The van der Waals surface area contributed by atoms with Crippen LogP contribution in [-0.4, -0.2) is 39.0 Å². The van der Waals surface area contributed by atoms with Crippen molar-refractivity contribution in [2.75, 3.05) is 6.16 Å². The summed E-state index contributed by atoms with van der Waals surface area (Å²) >= 11 is 0. The number of aliphatic carboxylic acids is 1. The Hall–Kier alpha value is -2.45. The van der Waals surface area contributed by atoms with Crippen molar-refractivity contribution < 1.29 is 33.6 Å². The number of nitro benzene ring substituents is 1. The Kier molecular flexibility index (Phi) is 6.87. The van der Waals surface area contributed by atoms with Crippen molar-refractivity contribution in [1.82, 2.24) is 5.32 Å². The van der Waals surface area contributed by atoms with Gasteiger partial charge in [-0.15, -0.1) is 0 Å². The van der Waals surface area contributed by atoms with E-state index >= 15 is 0 Å². The van der Waals surface area contributed by atoms with E-state index in [9.17, 15) is 29.2 Å². The molecule has 0 spiro atoms. The first kappa shape index (κ1) is 19.6. The fraction of sp³-hybridized carbons (Fsp3) is 0.385. The summed E-state index contributed by atoms with van der Waals surface area (Å²) in [7, 11) is -4.03. The molecular weight excluding hydrogens is 343 g/mol. The molecule has 1 amide bonds. The second-order valence-electron chi connectivity index (χ2n) is 4.93. The van der Waals surface area contributed by atoms with Crippen LogP contribution in [0.25, 0.3) is 0 Å². The topological polar surface area (TPSA) is 156 Å². The molecule has 1 rings (SSSR count). The fourth-order valence-corrected chi connectivity index (χ4v) is 2.75. The predicted molar refractivity (Wildman–Crippen MR) is 82.9 cm³/mol. The molecule has 24 heavy (non-hydrogen) atoms. The highest BCUT2D eigenvalue weighted by molar-refractivity contribution is 7.53. The van der Waals surface area contributed by atoms with E-state index in [4.69, 9.17) is 9.63 Å². The monoisotopic (exact) mass is 360 g/mol. The minimum Gasteiger partial charge on any atom is -0.480 e. The molecule has 0 saturated heterocycles. The second kappa shape index (κ2) is 8.42. The van der Waals surface area contributed by atoms with Gasteiger partial charge in [0.25, 0.3) is 5.69 Å². The lowest BCUT2D eigenvalue weighted by molar-refractivity contribution is -0.384. The van der Waals surface area contributed by atoms with Crippen molar-refractivity contribution in [3.8, 4) is 5.75 Å². The third-order valence-corrected chi connectivity index (χ3v) is 4.27. The van der Waals surface area contributed by atoms with Gasteiger partial charge < -0.3 is 19.8 Å². The average molecular weight is 360 g/mol. The number of amides is 1. The van der Waals surface area contributed by atoms with Crippen LogP contribution in [0.4, 0.5) is 5.69 Å². The molecule has 10 nitrogen and oxygen atoms in total. The number of carboxylic acid groups (broad SMARTS) is 1. The van der Waals surface area contributed by atoms with Gasteiger partial charge in [0.15, 0.2) is 0 Å². The number of benzene rings is 1. The summed E-state index contributed by atoms with van der Waals surface area (Å²) in [5, 5.41) is 21.4. The van der Waals surface area contributed by atoms with Gasteiger partial charge in [0.2, 0.25) is 5.91 Å². The minimum absolute atomic E-state index is 0.00427. The van der Waals surface area contributed by atoms with E-state index in [0.717, 1.165) is 12.1 Å². The maximum absolute atomic E-state index is 11.9. The summed E-state index contributed by atoms with van der Waals surface area (Å²) in [5.41, 5.74) is -0.181. The van der Waals surface area contributed by atoms with Gasteiger partial charge in [-0.2, -0.15) is 0 Å². The van der Waals surface area contributed by atoms with Crippen LogP contribution in [0.15, 0.2) is 24.3 Å². The quantitative estimate of drug-likeness (QED) is 0.340. The Morgan fingerprint density at radius 3 is 2.46 bits per heavy atom. The Morgan fingerprint density at radius 1 is 1.38 bits per heavy atom. The first-order chi connectivity index (χ1) is 11.1. The maximum Gasteiger partial charge on any atom is 0.376 e. The first-order valence-electron chi connectivity index (χ1n) is 6.89. The SMILES string of the molecule is C[C@@H](NC(=O)CCCP(=O)(O)Oc1ccc([N+](=O)[O-])cc1)C(=O)O. The number of nitro groups is 1. The van der Waals surface area contributed by atoms with E-state index in [1.165, 1.54) is 19.1 Å². The molecule has 0 aromatic heterocycles. The molecule has 1 aromatic rings. The lowest BCUT2D eigenvalue weighted by atomic mass is 10.3. The van der Waals surface area contributed by atoms with E-state index in [2.05, 4.69) is 5.32 Å². The number of rotatable bonds is 9. The zero-order valence-electron chi connectivity index (χ0n) is 12.7. The van der Waals surface area contributed by atoms with Gasteiger partial charge >= 0.3 is 13.6 Å². The highest BCUT2D eigenvalue weighted by Gasteiger charge is 2.22. The number of carbonyl (C=O) groups excluding carboxylic acids is 1. The Bertz CT molecular complexity index is 660. The smallest absolute Gasteiger partial charge is 0.376 e. The van der Waals surface area contributed by atoms with Crippen LogP contribution < -0.4 is 9.84 Å². The zero-order chi connectivity index (χ0) is 18.3. The van der Waals surface area contributed by atoms with Gasteiger partial charge in [-0.05, 0) is 25.5 Å².